The quantitative estimate of drug-likeness (QED) is 0.697. The van der Waals surface area contributed by atoms with E-state index in [-0.39, 0.29) is 6.04 Å². The zero-order chi connectivity index (χ0) is 15.0. The zero-order valence-corrected chi connectivity index (χ0v) is 14.9. The van der Waals surface area contributed by atoms with Gasteiger partial charge >= 0.3 is 0 Å². The van der Waals surface area contributed by atoms with Crippen molar-refractivity contribution in [1.29, 1.82) is 0 Å². The second-order valence-corrected chi connectivity index (χ2v) is 8.70. The van der Waals surface area contributed by atoms with Crippen molar-refractivity contribution in [2.75, 3.05) is 0 Å². The molecular weight excluding hydrogens is 351 g/mol. The van der Waals surface area contributed by atoms with Gasteiger partial charge in [-0.1, -0.05) is 77.1 Å². The van der Waals surface area contributed by atoms with E-state index in [1.54, 1.807) is 4.68 Å². The van der Waals surface area contributed by atoms with Crippen molar-refractivity contribution in [1.82, 2.24) is 15.0 Å². The van der Waals surface area contributed by atoms with Gasteiger partial charge in [0.05, 0.1) is 5.69 Å². The summed E-state index contributed by atoms with van der Waals surface area (Å²) in [5.74, 6) is 0.357. The maximum absolute atomic E-state index is 6.29. The Bertz CT molecular complexity index is 434. The first-order valence-corrected chi connectivity index (χ1v) is 7.76. The monoisotopic (exact) mass is 365 g/mol. The molecule has 3 nitrogen and oxygen atoms in total. The lowest BCUT2D eigenvalue weighted by Crippen LogP contribution is -2.33. The SMILES string of the molecule is CC(C)Cc1nnn(C(C)C)c1C(Cl)(Cl)C(Cl)(Cl)Cl. The van der Waals surface area contributed by atoms with Gasteiger partial charge in [0.1, 0.15) is 5.69 Å². The first kappa shape index (κ1) is 17.6. The summed E-state index contributed by atoms with van der Waals surface area (Å²) in [4.78, 5) is 0. The number of aromatic nitrogens is 3. The number of alkyl halides is 5. The topological polar surface area (TPSA) is 30.7 Å². The third kappa shape index (κ3) is 3.82. The van der Waals surface area contributed by atoms with Crippen molar-refractivity contribution in [2.45, 2.75) is 48.3 Å². The molecule has 0 amide bonds. The number of rotatable bonds is 4. The van der Waals surface area contributed by atoms with Gasteiger partial charge in [-0.05, 0) is 26.2 Å². The molecule has 1 rings (SSSR count). The number of hydrogen-bond acceptors (Lipinski definition) is 2. The fraction of sp³-hybridized carbons (Fsp3) is 0.818. The molecule has 0 aliphatic heterocycles. The fourth-order valence-electron chi connectivity index (χ4n) is 1.67. The molecule has 19 heavy (non-hydrogen) atoms. The fourth-order valence-corrected chi connectivity index (χ4v) is 2.33. The van der Waals surface area contributed by atoms with E-state index in [0.717, 1.165) is 0 Å². The minimum absolute atomic E-state index is 0.00707. The second-order valence-electron chi connectivity index (χ2n) is 5.09. The van der Waals surface area contributed by atoms with Gasteiger partial charge in [0, 0.05) is 6.04 Å². The Balaban J connectivity index is 3.40. The highest BCUT2D eigenvalue weighted by molar-refractivity contribution is 6.75. The molecular formula is C11H16Cl5N3. The highest BCUT2D eigenvalue weighted by atomic mass is 35.6. The lowest BCUT2D eigenvalue weighted by atomic mass is 10.1. The summed E-state index contributed by atoms with van der Waals surface area (Å²) in [6.45, 7) is 7.97. The Morgan fingerprint density at radius 1 is 1.05 bits per heavy atom. The van der Waals surface area contributed by atoms with E-state index in [2.05, 4.69) is 24.2 Å². The molecule has 0 radical (unpaired) electrons. The maximum atomic E-state index is 6.29. The van der Waals surface area contributed by atoms with Crippen molar-refractivity contribution in [3.05, 3.63) is 11.4 Å². The van der Waals surface area contributed by atoms with Crippen LogP contribution in [0.2, 0.25) is 0 Å². The van der Waals surface area contributed by atoms with Gasteiger partial charge in [-0.25, -0.2) is 4.68 Å². The summed E-state index contributed by atoms with van der Waals surface area (Å²) in [7, 11) is 0. The van der Waals surface area contributed by atoms with Crippen molar-refractivity contribution < 1.29 is 0 Å². The van der Waals surface area contributed by atoms with Crippen LogP contribution in [0.1, 0.15) is 45.1 Å². The number of hydrogen-bond donors (Lipinski definition) is 0. The summed E-state index contributed by atoms with van der Waals surface area (Å²) < 4.78 is -1.99. The molecule has 0 fully saturated rings. The Labute approximate surface area is 138 Å². The number of nitrogens with zero attached hydrogens (tertiary/aromatic N) is 3. The average molecular weight is 368 g/mol. The molecule has 0 bridgehead atoms. The van der Waals surface area contributed by atoms with Crippen LogP contribution in [0, 0.1) is 5.92 Å². The van der Waals surface area contributed by atoms with E-state index < -0.39 is 8.13 Å². The molecule has 1 heterocycles. The van der Waals surface area contributed by atoms with Gasteiger partial charge in [-0.15, -0.1) is 5.10 Å². The summed E-state index contributed by atoms with van der Waals surface area (Å²) in [5, 5.41) is 8.20. The molecule has 0 atom stereocenters. The molecule has 1 aromatic rings. The predicted octanol–water partition coefficient (Wildman–Crippen LogP) is 5.06. The van der Waals surface area contributed by atoms with E-state index >= 15 is 0 Å². The Kier molecular flexibility index (Phi) is 5.71. The van der Waals surface area contributed by atoms with E-state index in [0.29, 0.717) is 23.7 Å². The van der Waals surface area contributed by atoms with Gasteiger partial charge in [-0.2, -0.15) is 0 Å². The van der Waals surface area contributed by atoms with E-state index in [4.69, 9.17) is 58.0 Å². The van der Waals surface area contributed by atoms with Crippen LogP contribution in [0.4, 0.5) is 0 Å². The van der Waals surface area contributed by atoms with Crippen LogP contribution in [-0.2, 0) is 10.8 Å². The molecule has 1 aromatic heterocycles. The van der Waals surface area contributed by atoms with Crippen LogP contribution in [0.5, 0.6) is 0 Å². The molecule has 0 N–H and O–H groups in total. The maximum Gasteiger partial charge on any atom is 0.228 e. The molecule has 0 aliphatic carbocycles. The summed E-state index contributed by atoms with van der Waals surface area (Å²) in [6.07, 6.45) is 0.657. The van der Waals surface area contributed by atoms with Crippen LogP contribution in [0.3, 0.4) is 0 Å². The van der Waals surface area contributed by atoms with E-state index in [9.17, 15) is 0 Å². The van der Waals surface area contributed by atoms with Crippen LogP contribution in [0.25, 0.3) is 0 Å². The van der Waals surface area contributed by atoms with Crippen LogP contribution >= 0.6 is 58.0 Å². The first-order valence-electron chi connectivity index (χ1n) is 5.87. The van der Waals surface area contributed by atoms with Crippen molar-refractivity contribution >= 4 is 58.0 Å². The summed E-state index contributed by atoms with van der Waals surface area (Å²) >= 11 is 30.3. The highest BCUT2D eigenvalue weighted by Crippen LogP contribution is 2.53. The van der Waals surface area contributed by atoms with Crippen molar-refractivity contribution in [3.8, 4) is 0 Å². The second kappa shape index (κ2) is 6.15. The Hall–Kier alpha value is 0.590. The van der Waals surface area contributed by atoms with Crippen LogP contribution < -0.4 is 0 Å². The highest BCUT2D eigenvalue weighted by Gasteiger charge is 2.51. The van der Waals surface area contributed by atoms with Gasteiger partial charge in [-0.3, -0.25) is 0 Å². The van der Waals surface area contributed by atoms with Gasteiger partial charge in [0.2, 0.25) is 8.13 Å². The smallest absolute Gasteiger partial charge is 0.228 e. The summed E-state index contributed by atoms with van der Waals surface area (Å²) in [6, 6.07) is 0.00707. The van der Waals surface area contributed by atoms with E-state index in [1.807, 2.05) is 13.8 Å². The predicted molar refractivity (Wildman–Crippen MR) is 82.6 cm³/mol. The third-order valence-corrected chi connectivity index (χ3v) is 4.86. The molecule has 0 saturated heterocycles. The minimum atomic E-state index is -1.88. The lowest BCUT2D eigenvalue weighted by molar-refractivity contribution is 0.484. The Morgan fingerprint density at radius 2 is 1.58 bits per heavy atom. The van der Waals surface area contributed by atoms with Crippen LogP contribution in [-0.4, -0.2) is 18.8 Å². The standard InChI is InChI=1S/C11H16Cl5N3/c1-6(2)5-8-9(10(12,13)11(14,15)16)19(7(3)4)18-17-8/h6-7H,5H2,1-4H3. The molecule has 0 saturated carbocycles. The number of halogens is 5. The van der Waals surface area contributed by atoms with Gasteiger partial charge in [0.15, 0.2) is 0 Å². The minimum Gasteiger partial charge on any atom is -0.243 e. The zero-order valence-electron chi connectivity index (χ0n) is 11.1. The lowest BCUT2D eigenvalue weighted by Gasteiger charge is -2.29. The van der Waals surface area contributed by atoms with Gasteiger partial charge in [0.25, 0.3) is 0 Å². The molecule has 8 heteroatoms. The summed E-state index contributed by atoms with van der Waals surface area (Å²) in [5.41, 5.74) is 1.10. The molecule has 110 valence electrons. The first-order chi connectivity index (χ1) is 8.48. The Morgan fingerprint density at radius 3 is 1.95 bits per heavy atom. The molecule has 0 aromatic carbocycles. The molecule has 0 spiro atoms. The largest absolute Gasteiger partial charge is 0.243 e. The van der Waals surface area contributed by atoms with E-state index in [1.165, 1.54) is 0 Å². The third-order valence-electron chi connectivity index (χ3n) is 2.51. The normalized spacial score (nSPS) is 13.6. The van der Waals surface area contributed by atoms with Gasteiger partial charge < -0.3 is 0 Å². The molecule has 0 unspecified atom stereocenters. The average Bonchev–Trinajstić information content (AvgIpc) is 2.58. The van der Waals surface area contributed by atoms with Crippen molar-refractivity contribution in [3.63, 3.8) is 0 Å². The molecule has 0 aliphatic rings. The van der Waals surface area contributed by atoms with Crippen LogP contribution in [0.15, 0.2) is 0 Å². The van der Waals surface area contributed by atoms with Crippen molar-refractivity contribution in [2.24, 2.45) is 5.92 Å².